The largest absolute Gasteiger partial charge is 0.355 e. The highest BCUT2D eigenvalue weighted by Crippen LogP contribution is 2.29. The summed E-state index contributed by atoms with van der Waals surface area (Å²) in [5.41, 5.74) is 0.665. The van der Waals surface area contributed by atoms with Crippen LogP contribution in [0.15, 0.2) is 33.6 Å². The number of piperidine rings is 1. The smallest absolute Gasteiger partial charge is 0.285 e. The maximum absolute atomic E-state index is 12.5. The van der Waals surface area contributed by atoms with Crippen molar-refractivity contribution in [1.29, 1.82) is 0 Å². The number of hydrogen-bond acceptors (Lipinski definition) is 5. The number of hydrogen-bond donors (Lipinski definition) is 1. The minimum absolute atomic E-state index is 0.00744. The van der Waals surface area contributed by atoms with Gasteiger partial charge in [-0.1, -0.05) is 12.1 Å². The Kier molecular flexibility index (Phi) is 5.10. The number of likely N-dealkylation sites (tertiary alicyclic amines) is 1. The fourth-order valence-electron chi connectivity index (χ4n) is 3.36. The Morgan fingerprint density at radius 2 is 2.00 bits per heavy atom. The molecule has 3 rings (SSSR count). The Hall–Kier alpha value is -1.93. The van der Waals surface area contributed by atoms with Gasteiger partial charge in [-0.3, -0.25) is 4.79 Å². The average molecular weight is 364 g/mol. The number of amidine groups is 1. The Morgan fingerprint density at radius 3 is 2.68 bits per heavy atom. The van der Waals surface area contributed by atoms with Crippen molar-refractivity contribution in [3.05, 3.63) is 29.8 Å². The Balaban J connectivity index is 1.67. The van der Waals surface area contributed by atoms with Gasteiger partial charge in [-0.25, -0.2) is 0 Å². The summed E-state index contributed by atoms with van der Waals surface area (Å²) >= 11 is 0. The van der Waals surface area contributed by atoms with Crippen molar-refractivity contribution in [3.63, 3.8) is 0 Å². The SMILES string of the molecule is CNCCN(C)C(=O)C1CCN(C2=NS(=O)(=O)c3ccccc32)CC1. The molecule has 7 nitrogen and oxygen atoms in total. The second kappa shape index (κ2) is 7.13. The minimum atomic E-state index is -3.59. The van der Waals surface area contributed by atoms with Crippen molar-refractivity contribution in [3.8, 4) is 0 Å². The first-order valence-electron chi connectivity index (χ1n) is 8.53. The van der Waals surface area contributed by atoms with Gasteiger partial charge < -0.3 is 15.1 Å². The molecule has 0 bridgehead atoms. The quantitative estimate of drug-likeness (QED) is 0.843. The zero-order valence-corrected chi connectivity index (χ0v) is 15.4. The number of rotatable bonds is 4. The molecule has 2 heterocycles. The molecule has 0 atom stereocenters. The van der Waals surface area contributed by atoms with Gasteiger partial charge in [-0.2, -0.15) is 8.42 Å². The summed E-state index contributed by atoms with van der Waals surface area (Å²) in [6.07, 6.45) is 1.42. The lowest BCUT2D eigenvalue weighted by Crippen LogP contribution is -2.44. The van der Waals surface area contributed by atoms with Crippen LogP contribution in [0.4, 0.5) is 0 Å². The summed E-state index contributed by atoms with van der Waals surface area (Å²) in [7, 11) is 0.102. The van der Waals surface area contributed by atoms with Crippen LogP contribution in [0.25, 0.3) is 0 Å². The number of nitrogens with one attached hydrogen (secondary N) is 1. The number of carbonyl (C=O) groups excluding carboxylic acids is 1. The molecule has 1 fully saturated rings. The number of nitrogens with zero attached hydrogens (tertiary/aromatic N) is 3. The van der Waals surface area contributed by atoms with Gasteiger partial charge in [-0.05, 0) is 32.0 Å². The first-order chi connectivity index (χ1) is 11.9. The van der Waals surface area contributed by atoms with E-state index >= 15 is 0 Å². The van der Waals surface area contributed by atoms with Gasteiger partial charge in [0.25, 0.3) is 10.0 Å². The van der Waals surface area contributed by atoms with Crippen molar-refractivity contribution in [1.82, 2.24) is 15.1 Å². The van der Waals surface area contributed by atoms with Crippen LogP contribution >= 0.6 is 0 Å². The van der Waals surface area contributed by atoms with Gasteiger partial charge >= 0.3 is 0 Å². The fraction of sp³-hybridized carbons (Fsp3) is 0.529. The number of fused-ring (bicyclic) bond motifs is 1. The van der Waals surface area contributed by atoms with Crippen LogP contribution in [-0.2, 0) is 14.8 Å². The molecule has 2 aliphatic rings. The predicted octanol–water partition coefficient (Wildman–Crippen LogP) is 0.525. The molecule has 8 heteroatoms. The number of carbonyl (C=O) groups is 1. The van der Waals surface area contributed by atoms with E-state index in [0.29, 0.717) is 43.9 Å². The third-order valence-electron chi connectivity index (χ3n) is 4.83. The Bertz CT molecular complexity index is 783. The zero-order chi connectivity index (χ0) is 18.0. The topological polar surface area (TPSA) is 82.1 Å². The number of likely N-dealkylation sites (N-methyl/N-ethyl adjacent to an activating group) is 2. The van der Waals surface area contributed by atoms with E-state index in [1.807, 2.05) is 25.1 Å². The molecule has 1 aromatic carbocycles. The lowest BCUT2D eigenvalue weighted by molar-refractivity contribution is -0.135. The maximum atomic E-state index is 12.5. The molecule has 1 amide bonds. The Labute approximate surface area is 148 Å². The van der Waals surface area contributed by atoms with Crippen LogP contribution in [0.3, 0.4) is 0 Å². The Morgan fingerprint density at radius 1 is 1.32 bits per heavy atom. The summed E-state index contributed by atoms with van der Waals surface area (Å²) in [6, 6.07) is 6.92. The third kappa shape index (κ3) is 3.55. The highest BCUT2D eigenvalue weighted by Gasteiger charge is 2.34. The van der Waals surface area contributed by atoms with Gasteiger partial charge in [-0.15, -0.1) is 4.40 Å². The third-order valence-corrected chi connectivity index (χ3v) is 6.15. The molecule has 1 saturated heterocycles. The number of benzene rings is 1. The molecule has 0 radical (unpaired) electrons. The molecular weight excluding hydrogens is 340 g/mol. The van der Waals surface area contributed by atoms with Crippen molar-refractivity contribution in [2.45, 2.75) is 17.7 Å². The van der Waals surface area contributed by atoms with Crippen molar-refractivity contribution in [2.24, 2.45) is 10.3 Å². The van der Waals surface area contributed by atoms with E-state index in [2.05, 4.69) is 9.71 Å². The van der Waals surface area contributed by atoms with Gasteiger partial charge in [0, 0.05) is 44.7 Å². The predicted molar refractivity (Wildman–Crippen MR) is 96.0 cm³/mol. The molecule has 0 aliphatic carbocycles. The first-order valence-corrected chi connectivity index (χ1v) is 9.97. The van der Waals surface area contributed by atoms with E-state index in [1.54, 1.807) is 23.1 Å². The van der Waals surface area contributed by atoms with Gasteiger partial charge in [0.1, 0.15) is 4.90 Å². The molecular formula is C17H24N4O3S. The molecule has 0 aromatic heterocycles. The molecule has 1 N–H and O–H groups in total. The molecule has 2 aliphatic heterocycles. The molecule has 0 unspecified atom stereocenters. The summed E-state index contributed by atoms with van der Waals surface area (Å²) in [4.78, 5) is 16.5. The molecule has 0 spiro atoms. The highest BCUT2D eigenvalue weighted by molar-refractivity contribution is 7.90. The number of amides is 1. The highest BCUT2D eigenvalue weighted by atomic mass is 32.2. The van der Waals surface area contributed by atoms with Crippen LogP contribution in [0.5, 0.6) is 0 Å². The maximum Gasteiger partial charge on any atom is 0.285 e. The standard InChI is InChI=1S/C17H24N4O3S/c1-18-9-12-20(2)17(22)13-7-10-21(11-8-13)16-14-5-3-4-6-15(14)25(23,24)19-16/h3-6,13,18H,7-12H2,1-2H3. The summed E-state index contributed by atoms with van der Waals surface area (Å²) in [5, 5.41) is 3.04. The van der Waals surface area contributed by atoms with Gasteiger partial charge in [0.15, 0.2) is 5.84 Å². The monoisotopic (exact) mass is 364 g/mol. The zero-order valence-electron chi connectivity index (χ0n) is 14.6. The lowest BCUT2D eigenvalue weighted by atomic mass is 9.95. The minimum Gasteiger partial charge on any atom is -0.355 e. The molecule has 136 valence electrons. The van der Waals surface area contributed by atoms with E-state index < -0.39 is 10.0 Å². The van der Waals surface area contributed by atoms with Gasteiger partial charge in [0.05, 0.1) is 0 Å². The average Bonchev–Trinajstić information content (AvgIpc) is 2.91. The normalized spacial score (nSPS) is 19.4. The summed E-state index contributed by atoms with van der Waals surface area (Å²) < 4.78 is 28.3. The summed E-state index contributed by atoms with van der Waals surface area (Å²) in [5.74, 6) is 0.674. The van der Waals surface area contributed by atoms with E-state index in [-0.39, 0.29) is 16.7 Å². The van der Waals surface area contributed by atoms with Crippen molar-refractivity contribution >= 4 is 21.8 Å². The number of sulfonamides is 1. The molecule has 1 aromatic rings. The fourth-order valence-corrected chi connectivity index (χ4v) is 4.58. The van der Waals surface area contributed by atoms with Crippen molar-refractivity contribution in [2.75, 3.05) is 40.3 Å². The molecule has 25 heavy (non-hydrogen) atoms. The lowest BCUT2D eigenvalue weighted by Gasteiger charge is -2.34. The molecule has 0 saturated carbocycles. The second-order valence-electron chi connectivity index (χ2n) is 6.51. The van der Waals surface area contributed by atoms with E-state index in [0.717, 1.165) is 6.54 Å². The van der Waals surface area contributed by atoms with Crippen LogP contribution in [0.2, 0.25) is 0 Å². The second-order valence-corrected chi connectivity index (χ2v) is 8.08. The van der Waals surface area contributed by atoms with Crippen LogP contribution < -0.4 is 5.32 Å². The van der Waals surface area contributed by atoms with E-state index in [1.165, 1.54) is 0 Å². The summed E-state index contributed by atoms with van der Waals surface area (Å²) in [6.45, 7) is 2.73. The van der Waals surface area contributed by atoms with Crippen LogP contribution in [-0.4, -0.2) is 70.2 Å². The van der Waals surface area contributed by atoms with Crippen LogP contribution in [0.1, 0.15) is 18.4 Å². The van der Waals surface area contributed by atoms with Crippen LogP contribution in [0, 0.1) is 5.92 Å². The van der Waals surface area contributed by atoms with E-state index in [4.69, 9.17) is 0 Å². The van der Waals surface area contributed by atoms with Crippen molar-refractivity contribution < 1.29 is 13.2 Å². The van der Waals surface area contributed by atoms with E-state index in [9.17, 15) is 13.2 Å². The first kappa shape index (κ1) is 17.9. The van der Waals surface area contributed by atoms with Gasteiger partial charge in [0.2, 0.25) is 5.91 Å².